The van der Waals surface area contributed by atoms with Gasteiger partial charge in [0.15, 0.2) is 5.71 Å². The van der Waals surface area contributed by atoms with Gasteiger partial charge in [0.2, 0.25) is 0 Å². The highest BCUT2D eigenvalue weighted by molar-refractivity contribution is 6.43. The molecule has 18 heavy (non-hydrogen) atoms. The van der Waals surface area contributed by atoms with Gasteiger partial charge in [0.1, 0.15) is 7.11 Å². The molecule has 1 N–H and O–H groups in total. The molecule has 92 valence electrons. The summed E-state index contributed by atoms with van der Waals surface area (Å²) in [6.45, 7) is 0. The van der Waals surface area contributed by atoms with Crippen molar-refractivity contribution >= 4 is 34.1 Å². The van der Waals surface area contributed by atoms with Gasteiger partial charge in [-0.3, -0.25) is 0 Å². The Balaban J connectivity index is 2.62. The second-order valence-electron chi connectivity index (χ2n) is 3.60. The number of nitrogens with zero attached hydrogens (tertiary/aromatic N) is 1. The van der Waals surface area contributed by atoms with Crippen molar-refractivity contribution in [1.29, 1.82) is 0 Å². The van der Waals surface area contributed by atoms with E-state index in [0.29, 0.717) is 10.6 Å². The summed E-state index contributed by atoms with van der Waals surface area (Å²) in [5.74, 6) is -1.15. The van der Waals surface area contributed by atoms with Crippen LogP contribution in [0.5, 0.6) is 0 Å². The molecule has 0 unspecified atom stereocenters. The maximum absolute atomic E-state index is 11.1. The fourth-order valence-corrected chi connectivity index (χ4v) is 1.92. The third kappa shape index (κ3) is 2.28. The molecule has 4 nitrogen and oxygen atoms in total. The maximum atomic E-state index is 11.1. The lowest BCUT2D eigenvalue weighted by atomic mass is 10.0. The number of carboxylic acids is 1. The molecule has 0 heterocycles. The van der Waals surface area contributed by atoms with Crippen molar-refractivity contribution in [2.24, 2.45) is 5.16 Å². The highest BCUT2D eigenvalue weighted by Crippen LogP contribution is 2.24. The second-order valence-corrected chi connectivity index (χ2v) is 4.01. The minimum atomic E-state index is -1.15. The lowest BCUT2D eigenvalue weighted by Gasteiger charge is -2.04. The number of hydrogen-bond donors (Lipinski definition) is 1. The Kier molecular flexibility index (Phi) is 3.48. The summed E-state index contributed by atoms with van der Waals surface area (Å²) in [5.41, 5.74) is 0.296. The van der Waals surface area contributed by atoms with Crippen LogP contribution in [-0.2, 0) is 9.63 Å². The number of fused-ring (bicyclic) bond motifs is 1. The van der Waals surface area contributed by atoms with Gasteiger partial charge >= 0.3 is 5.97 Å². The molecule has 0 spiro atoms. The second kappa shape index (κ2) is 5.06. The van der Waals surface area contributed by atoms with Crippen LogP contribution in [0.3, 0.4) is 0 Å². The molecule has 0 saturated heterocycles. The topological polar surface area (TPSA) is 58.9 Å². The van der Waals surface area contributed by atoms with Gasteiger partial charge in [-0.05, 0) is 17.5 Å². The Labute approximate surface area is 108 Å². The number of carbonyl (C=O) groups is 1. The fourth-order valence-electron chi connectivity index (χ4n) is 1.69. The molecule has 0 aliphatic heterocycles. The van der Waals surface area contributed by atoms with Gasteiger partial charge in [-0.2, -0.15) is 0 Å². The molecule has 2 aromatic carbocycles. The van der Waals surface area contributed by atoms with E-state index in [0.717, 1.165) is 10.8 Å². The van der Waals surface area contributed by atoms with Crippen molar-refractivity contribution in [2.75, 3.05) is 7.11 Å². The van der Waals surface area contributed by atoms with Crippen molar-refractivity contribution < 1.29 is 14.7 Å². The average Bonchev–Trinajstić information content (AvgIpc) is 2.36. The van der Waals surface area contributed by atoms with Crippen LogP contribution in [0, 0.1) is 0 Å². The van der Waals surface area contributed by atoms with Gasteiger partial charge in [-0.25, -0.2) is 4.79 Å². The number of halogens is 1. The summed E-state index contributed by atoms with van der Waals surface area (Å²) < 4.78 is 0. The van der Waals surface area contributed by atoms with Crippen molar-refractivity contribution in [3.8, 4) is 0 Å². The highest BCUT2D eigenvalue weighted by Gasteiger charge is 2.14. The lowest BCUT2D eigenvalue weighted by Crippen LogP contribution is -2.14. The van der Waals surface area contributed by atoms with Crippen molar-refractivity contribution in [3.63, 3.8) is 0 Å². The number of oxime groups is 1. The predicted octanol–water partition coefficient (Wildman–Crippen LogP) is 2.93. The zero-order valence-electron chi connectivity index (χ0n) is 9.55. The van der Waals surface area contributed by atoms with Gasteiger partial charge in [-0.1, -0.05) is 41.0 Å². The molecule has 2 rings (SSSR count). The van der Waals surface area contributed by atoms with Gasteiger partial charge in [0, 0.05) is 16.0 Å². The maximum Gasteiger partial charge on any atom is 0.358 e. The van der Waals surface area contributed by atoms with Crippen LogP contribution < -0.4 is 0 Å². The Morgan fingerprint density at radius 3 is 2.78 bits per heavy atom. The SMILES string of the molecule is CO/N=C(\C(=O)O)c1ccc2cccc(Cl)c2c1. The zero-order chi connectivity index (χ0) is 13.1. The van der Waals surface area contributed by atoms with E-state index in [9.17, 15) is 4.79 Å². The van der Waals surface area contributed by atoms with Crippen LogP contribution >= 0.6 is 11.6 Å². The Morgan fingerprint density at radius 1 is 1.33 bits per heavy atom. The number of carboxylic acid groups (broad SMARTS) is 1. The first-order chi connectivity index (χ1) is 8.63. The van der Waals surface area contributed by atoms with Crippen LogP contribution in [0.2, 0.25) is 5.02 Å². The fraction of sp³-hybridized carbons (Fsp3) is 0.0769. The van der Waals surface area contributed by atoms with E-state index in [2.05, 4.69) is 9.99 Å². The molecule has 0 saturated carbocycles. The highest BCUT2D eigenvalue weighted by atomic mass is 35.5. The lowest BCUT2D eigenvalue weighted by molar-refractivity contribution is -0.129. The van der Waals surface area contributed by atoms with Gasteiger partial charge in [0.05, 0.1) is 0 Å². The molecule has 0 aliphatic carbocycles. The number of rotatable bonds is 3. The monoisotopic (exact) mass is 263 g/mol. The Morgan fingerprint density at radius 2 is 2.11 bits per heavy atom. The van der Waals surface area contributed by atoms with Crippen LogP contribution in [-0.4, -0.2) is 23.9 Å². The third-order valence-electron chi connectivity index (χ3n) is 2.49. The standard InChI is InChI=1S/C13H10ClNO3/c1-18-15-12(13(16)17)9-6-5-8-3-2-4-11(14)10(8)7-9/h2-7H,1H3,(H,16,17)/b15-12-. The minimum Gasteiger partial charge on any atom is -0.476 e. The summed E-state index contributed by atoms with van der Waals surface area (Å²) in [5, 5.41) is 14.8. The Hall–Kier alpha value is -2.07. The average molecular weight is 264 g/mol. The predicted molar refractivity (Wildman–Crippen MR) is 70.1 cm³/mol. The van der Waals surface area contributed by atoms with Crippen molar-refractivity contribution in [1.82, 2.24) is 0 Å². The normalized spacial score (nSPS) is 11.6. The first-order valence-corrected chi connectivity index (χ1v) is 5.54. The van der Waals surface area contributed by atoms with Crippen molar-refractivity contribution in [3.05, 3.63) is 47.0 Å². The first-order valence-electron chi connectivity index (χ1n) is 5.16. The van der Waals surface area contributed by atoms with Crippen LogP contribution in [0.4, 0.5) is 0 Å². The quantitative estimate of drug-likeness (QED) is 0.684. The van der Waals surface area contributed by atoms with Crippen LogP contribution in [0.1, 0.15) is 5.56 Å². The van der Waals surface area contributed by atoms with E-state index in [1.807, 2.05) is 12.1 Å². The first kappa shape index (κ1) is 12.4. The smallest absolute Gasteiger partial charge is 0.358 e. The summed E-state index contributed by atoms with van der Waals surface area (Å²) >= 11 is 6.07. The van der Waals surface area contributed by atoms with E-state index in [1.165, 1.54) is 7.11 Å². The molecule has 0 amide bonds. The third-order valence-corrected chi connectivity index (χ3v) is 2.82. The molecule has 0 aliphatic rings. The number of aliphatic carboxylic acids is 1. The summed E-state index contributed by atoms with van der Waals surface area (Å²) in [6, 6.07) is 10.6. The van der Waals surface area contributed by atoms with Crippen molar-refractivity contribution in [2.45, 2.75) is 0 Å². The molecular formula is C13H10ClNO3. The number of hydrogen-bond acceptors (Lipinski definition) is 3. The van der Waals surface area contributed by atoms with E-state index in [1.54, 1.807) is 24.3 Å². The molecular weight excluding hydrogens is 254 g/mol. The molecule has 2 aromatic rings. The van der Waals surface area contributed by atoms with E-state index in [-0.39, 0.29) is 5.71 Å². The molecule has 0 atom stereocenters. The summed E-state index contributed by atoms with van der Waals surface area (Å²) in [6.07, 6.45) is 0. The van der Waals surface area contributed by atoms with Gasteiger partial charge in [0.25, 0.3) is 0 Å². The molecule has 0 aromatic heterocycles. The van der Waals surface area contributed by atoms with E-state index in [4.69, 9.17) is 16.7 Å². The molecule has 0 bridgehead atoms. The molecule has 0 radical (unpaired) electrons. The van der Waals surface area contributed by atoms with Crippen LogP contribution in [0.25, 0.3) is 10.8 Å². The summed E-state index contributed by atoms with van der Waals surface area (Å²) in [7, 11) is 1.30. The van der Waals surface area contributed by atoms with Gasteiger partial charge in [-0.15, -0.1) is 0 Å². The Bertz CT molecular complexity index is 637. The van der Waals surface area contributed by atoms with Gasteiger partial charge < -0.3 is 9.94 Å². The van der Waals surface area contributed by atoms with E-state index >= 15 is 0 Å². The summed E-state index contributed by atoms with van der Waals surface area (Å²) in [4.78, 5) is 15.6. The van der Waals surface area contributed by atoms with E-state index < -0.39 is 5.97 Å². The molecule has 5 heteroatoms. The minimum absolute atomic E-state index is 0.153. The molecule has 0 fully saturated rings. The zero-order valence-corrected chi connectivity index (χ0v) is 10.3. The van der Waals surface area contributed by atoms with Crippen LogP contribution in [0.15, 0.2) is 41.6 Å². The largest absolute Gasteiger partial charge is 0.476 e. The number of benzene rings is 2.